The molecule has 8 heteroatoms. The van der Waals surface area contributed by atoms with Crippen LogP contribution in [-0.2, 0) is 11.2 Å². The molecule has 1 aliphatic heterocycles. The Morgan fingerprint density at radius 3 is 2.05 bits per heavy atom. The van der Waals surface area contributed by atoms with Gasteiger partial charge < -0.3 is 25.8 Å². The fraction of sp³-hybridized carbons (Fsp3) is 0.750. The molecular weight excluding hydrogens is 522 g/mol. The first-order valence-electron chi connectivity index (χ1n) is 16.0. The maximum atomic E-state index is 14.0. The molecule has 3 fully saturated rings. The zero-order valence-electron chi connectivity index (χ0n) is 24.8. The smallest absolute Gasteiger partial charge is 0.320 e. The van der Waals surface area contributed by atoms with Crippen molar-refractivity contribution in [1.82, 2.24) is 20.0 Å². The van der Waals surface area contributed by atoms with Crippen LogP contribution in [0.3, 0.4) is 0 Å². The molecule has 1 saturated heterocycles. The second kappa shape index (κ2) is 15.4. The van der Waals surface area contributed by atoms with Crippen LogP contribution in [0.25, 0.3) is 0 Å². The maximum absolute atomic E-state index is 14.0. The summed E-state index contributed by atoms with van der Waals surface area (Å²) in [6.45, 7) is 7.02. The molecule has 3 amide bonds. The fourth-order valence-electron chi connectivity index (χ4n) is 7.03. The molecule has 0 aromatic heterocycles. The predicted octanol–water partition coefficient (Wildman–Crippen LogP) is 5.59. The van der Waals surface area contributed by atoms with Crippen molar-refractivity contribution in [3.8, 4) is 0 Å². The lowest BCUT2D eigenvalue weighted by molar-refractivity contribution is -0.135. The average molecular weight is 574 g/mol. The summed E-state index contributed by atoms with van der Waals surface area (Å²) in [4.78, 5) is 34.0. The van der Waals surface area contributed by atoms with E-state index in [1.54, 1.807) is 0 Å². The minimum Gasteiger partial charge on any atom is -0.341 e. The van der Waals surface area contributed by atoms with E-state index in [0.29, 0.717) is 36.6 Å². The molecule has 224 valence electrons. The molecule has 1 heterocycles. The van der Waals surface area contributed by atoms with Crippen molar-refractivity contribution in [2.45, 2.75) is 128 Å². The SMILES string of the molecule is CCN(CC)C(=O)N(C1CCCCCC1)C1CCN(C(=O)[C@@H](Cc2ccc(Cl)cc2)NC2CCC(N)CC2)CC1. The summed E-state index contributed by atoms with van der Waals surface area (Å²) in [7, 11) is 0. The van der Waals surface area contributed by atoms with Crippen LogP contribution >= 0.6 is 11.6 Å². The van der Waals surface area contributed by atoms with Gasteiger partial charge in [-0.1, -0.05) is 49.4 Å². The highest BCUT2D eigenvalue weighted by atomic mass is 35.5. The van der Waals surface area contributed by atoms with Crippen molar-refractivity contribution in [3.63, 3.8) is 0 Å². The normalized spacial score (nSPS) is 23.9. The number of carbonyl (C=O) groups is 2. The number of rotatable bonds is 9. The van der Waals surface area contributed by atoms with Gasteiger partial charge in [-0.15, -0.1) is 0 Å². The molecule has 0 bridgehead atoms. The molecule has 4 rings (SSSR count). The molecule has 1 atom stereocenters. The molecule has 2 saturated carbocycles. The van der Waals surface area contributed by atoms with Crippen molar-refractivity contribution < 1.29 is 9.59 Å². The molecule has 1 aromatic rings. The van der Waals surface area contributed by atoms with Gasteiger partial charge in [0.25, 0.3) is 0 Å². The van der Waals surface area contributed by atoms with Gasteiger partial charge in [0.2, 0.25) is 5.91 Å². The minimum absolute atomic E-state index is 0.180. The first-order valence-corrected chi connectivity index (χ1v) is 16.4. The van der Waals surface area contributed by atoms with E-state index in [0.717, 1.165) is 70.0 Å². The van der Waals surface area contributed by atoms with Gasteiger partial charge in [-0.05, 0) is 89.3 Å². The van der Waals surface area contributed by atoms with Crippen molar-refractivity contribution in [2.24, 2.45) is 5.73 Å². The van der Waals surface area contributed by atoms with Crippen LogP contribution < -0.4 is 11.1 Å². The molecule has 3 N–H and O–H groups in total. The molecule has 2 aliphatic carbocycles. The van der Waals surface area contributed by atoms with Gasteiger partial charge in [0.15, 0.2) is 0 Å². The van der Waals surface area contributed by atoms with Crippen molar-refractivity contribution in [1.29, 1.82) is 0 Å². The van der Waals surface area contributed by atoms with Crippen LogP contribution in [0, 0.1) is 0 Å². The van der Waals surface area contributed by atoms with Crippen LogP contribution in [0.2, 0.25) is 5.02 Å². The fourth-order valence-corrected chi connectivity index (χ4v) is 7.16. The van der Waals surface area contributed by atoms with Crippen LogP contribution in [-0.4, -0.2) is 83.0 Å². The van der Waals surface area contributed by atoms with E-state index in [9.17, 15) is 9.59 Å². The van der Waals surface area contributed by atoms with E-state index < -0.39 is 0 Å². The lowest BCUT2D eigenvalue weighted by atomic mass is 9.90. The molecule has 3 aliphatic rings. The standard InChI is InChI=1S/C32H52ClN5O2/c1-3-36(4-2)32(40)38(28-9-7-5-6-8-10-28)29-19-21-37(22-20-29)31(39)30(23-24-11-13-25(33)14-12-24)35-27-17-15-26(34)16-18-27/h11-14,26-30,35H,3-10,15-23,34H2,1-2H3/t26?,27?,30-/m1/s1. The number of nitrogens with one attached hydrogen (secondary N) is 1. The lowest BCUT2D eigenvalue weighted by Crippen LogP contribution is -2.58. The summed E-state index contributed by atoms with van der Waals surface area (Å²) in [5, 5.41) is 4.44. The average Bonchev–Trinajstić information content (AvgIpc) is 3.25. The Balaban J connectivity index is 1.44. The van der Waals surface area contributed by atoms with E-state index >= 15 is 0 Å². The third-order valence-corrected chi connectivity index (χ3v) is 9.75. The second-order valence-electron chi connectivity index (χ2n) is 12.2. The van der Waals surface area contributed by atoms with Crippen LogP contribution in [0.4, 0.5) is 4.79 Å². The maximum Gasteiger partial charge on any atom is 0.320 e. The molecule has 7 nitrogen and oxygen atoms in total. The Hall–Kier alpha value is -1.83. The number of hydrogen-bond donors (Lipinski definition) is 2. The van der Waals surface area contributed by atoms with E-state index in [4.69, 9.17) is 17.3 Å². The number of urea groups is 1. The molecule has 0 radical (unpaired) electrons. The largest absolute Gasteiger partial charge is 0.341 e. The quantitative estimate of drug-likeness (QED) is 0.377. The number of benzene rings is 1. The summed E-state index contributed by atoms with van der Waals surface area (Å²) >= 11 is 6.13. The zero-order chi connectivity index (χ0) is 28.5. The highest BCUT2D eigenvalue weighted by Crippen LogP contribution is 2.29. The van der Waals surface area contributed by atoms with Crippen LogP contribution in [0.15, 0.2) is 24.3 Å². The summed E-state index contributed by atoms with van der Waals surface area (Å²) in [6, 6.07) is 8.88. The van der Waals surface area contributed by atoms with E-state index in [2.05, 4.69) is 24.1 Å². The molecule has 0 spiro atoms. The van der Waals surface area contributed by atoms with Gasteiger partial charge in [-0.3, -0.25) is 4.79 Å². The number of hydrogen-bond acceptors (Lipinski definition) is 4. The predicted molar refractivity (Wildman–Crippen MR) is 164 cm³/mol. The molecular formula is C32H52ClN5O2. The highest BCUT2D eigenvalue weighted by Gasteiger charge is 2.37. The molecule has 40 heavy (non-hydrogen) atoms. The van der Waals surface area contributed by atoms with E-state index in [1.165, 1.54) is 25.7 Å². The third-order valence-electron chi connectivity index (χ3n) is 9.50. The third kappa shape index (κ3) is 8.36. The van der Waals surface area contributed by atoms with E-state index in [1.807, 2.05) is 34.1 Å². The number of nitrogens with zero attached hydrogens (tertiary/aromatic N) is 3. The van der Waals surface area contributed by atoms with Gasteiger partial charge in [0.1, 0.15) is 0 Å². The topological polar surface area (TPSA) is 81.9 Å². The first-order chi connectivity index (χ1) is 19.4. The Bertz CT molecular complexity index is 916. The summed E-state index contributed by atoms with van der Waals surface area (Å²) in [6.07, 6.45) is 13.5. The number of carbonyl (C=O) groups excluding carboxylic acids is 2. The summed E-state index contributed by atoms with van der Waals surface area (Å²) in [5.41, 5.74) is 7.27. The van der Waals surface area contributed by atoms with E-state index in [-0.39, 0.29) is 30.1 Å². The highest BCUT2D eigenvalue weighted by molar-refractivity contribution is 6.30. The number of likely N-dealkylation sites (tertiary alicyclic amines) is 1. The van der Waals surface area contributed by atoms with Gasteiger partial charge in [0.05, 0.1) is 6.04 Å². The Labute approximate surface area is 247 Å². The first kappa shape index (κ1) is 31.1. The van der Waals surface area contributed by atoms with Gasteiger partial charge >= 0.3 is 6.03 Å². The monoisotopic (exact) mass is 573 g/mol. The van der Waals surface area contributed by atoms with Gasteiger partial charge in [-0.2, -0.15) is 0 Å². The number of nitrogens with two attached hydrogens (primary N) is 1. The van der Waals surface area contributed by atoms with Crippen molar-refractivity contribution in [2.75, 3.05) is 26.2 Å². The van der Waals surface area contributed by atoms with Gasteiger partial charge in [0, 0.05) is 55.4 Å². The summed E-state index contributed by atoms with van der Waals surface area (Å²) in [5.74, 6) is 0.180. The summed E-state index contributed by atoms with van der Waals surface area (Å²) < 4.78 is 0. The Morgan fingerprint density at radius 2 is 1.48 bits per heavy atom. The lowest BCUT2D eigenvalue weighted by Gasteiger charge is -2.44. The van der Waals surface area contributed by atoms with Crippen molar-refractivity contribution >= 4 is 23.5 Å². The molecule has 1 aromatic carbocycles. The molecule has 0 unspecified atom stereocenters. The Morgan fingerprint density at radius 1 is 0.900 bits per heavy atom. The second-order valence-corrected chi connectivity index (χ2v) is 12.7. The number of amides is 3. The minimum atomic E-state index is -0.271. The van der Waals surface area contributed by atoms with Gasteiger partial charge in [-0.25, -0.2) is 4.79 Å². The van der Waals surface area contributed by atoms with Crippen molar-refractivity contribution in [3.05, 3.63) is 34.9 Å². The zero-order valence-corrected chi connectivity index (χ0v) is 25.6. The number of piperidine rings is 1. The Kier molecular flexibility index (Phi) is 12.0. The number of halogens is 1. The van der Waals surface area contributed by atoms with Crippen LogP contribution in [0.1, 0.15) is 96.5 Å². The van der Waals surface area contributed by atoms with Crippen LogP contribution in [0.5, 0.6) is 0 Å².